The van der Waals surface area contributed by atoms with Crippen LogP contribution in [0.2, 0.25) is 0 Å². The van der Waals surface area contributed by atoms with Gasteiger partial charge in [-0.05, 0) is 55.3 Å². The second-order valence-electron chi connectivity index (χ2n) is 6.92. The molecule has 0 aliphatic rings. The van der Waals surface area contributed by atoms with E-state index in [0.717, 1.165) is 5.56 Å². The van der Waals surface area contributed by atoms with E-state index in [-0.39, 0.29) is 17.9 Å². The SMILES string of the molecule is NCc1ccc(C(=O)Nc2cccc(C(=O)N[C@@H](CCCNC(N)N)C(=O)O)c2)cc1. The molecule has 0 fully saturated rings. The van der Waals surface area contributed by atoms with E-state index < -0.39 is 24.2 Å². The zero-order valence-electron chi connectivity index (χ0n) is 17.0. The van der Waals surface area contributed by atoms with Crippen LogP contribution in [0.1, 0.15) is 39.1 Å². The van der Waals surface area contributed by atoms with Gasteiger partial charge in [0.25, 0.3) is 11.8 Å². The molecule has 10 N–H and O–H groups in total. The van der Waals surface area contributed by atoms with E-state index in [0.29, 0.717) is 30.8 Å². The number of carboxylic acids is 1. The molecule has 2 rings (SSSR count). The van der Waals surface area contributed by atoms with Crippen molar-refractivity contribution in [3.8, 4) is 0 Å². The Kier molecular flexibility index (Phi) is 9.10. The van der Waals surface area contributed by atoms with E-state index in [1.54, 1.807) is 36.4 Å². The number of anilines is 1. The summed E-state index contributed by atoms with van der Waals surface area (Å²) in [4.78, 5) is 36.4. The van der Waals surface area contributed by atoms with Gasteiger partial charge in [0.05, 0.1) is 0 Å². The number of carbonyl (C=O) groups excluding carboxylic acids is 2. The summed E-state index contributed by atoms with van der Waals surface area (Å²) in [6.07, 6.45) is -0.0218. The van der Waals surface area contributed by atoms with Gasteiger partial charge in [-0.2, -0.15) is 0 Å². The molecule has 0 heterocycles. The third kappa shape index (κ3) is 7.79. The average Bonchev–Trinajstić information content (AvgIpc) is 2.75. The van der Waals surface area contributed by atoms with Gasteiger partial charge in [0.15, 0.2) is 0 Å². The molecule has 0 bridgehead atoms. The number of hydrogen-bond donors (Lipinski definition) is 7. The summed E-state index contributed by atoms with van der Waals surface area (Å²) in [7, 11) is 0. The van der Waals surface area contributed by atoms with E-state index in [4.69, 9.17) is 17.2 Å². The maximum absolute atomic E-state index is 12.5. The summed E-state index contributed by atoms with van der Waals surface area (Å²) in [5.74, 6) is -2.04. The lowest BCUT2D eigenvalue weighted by molar-refractivity contribution is -0.139. The van der Waals surface area contributed by atoms with Crippen molar-refractivity contribution in [2.75, 3.05) is 11.9 Å². The summed E-state index contributed by atoms with van der Waals surface area (Å²) in [5, 5.41) is 17.4. The van der Waals surface area contributed by atoms with Crippen LogP contribution >= 0.6 is 0 Å². The third-order valence-electron chi connectivity index (χ3n) is 4.49. The number of nitrogens with two attached hydrogens (primary N) is 3. The summed E-state index contributed by atoms with van der Waals surface area (Å²) >= 11 is 0. The molecule has 0 spiro atoms. The Balaban J connectivity index is 1.99. The van der Waals surface area contributed by atoms with Crippen LogP contribution in [-0.4, -0.2) is 41.8 Å². The molecule has 0 saturated carbocycles. The lowest BCUT2D eigenvalue weighted by Gasteiger charge is -2.16. The first-order valence-corrected chi connectivity index (χ1v) is 9.79. The highest BCUT2D eigenvalue weighted by molar-refractivity contribution is 6.05. The van der Waals surface area contributed by atoms with Gasteiger partial charge in [0.1, 0.15) is 12.3 Å². The summed E-state index contributed by atoms with van der Waals surface area (Å²) < 4.78 is 0. The van der Waals surface area contributed by atoms with Crippen LogP contribution in [0, 0.1) is 0 Å². The van der Waals surface area contributed by atoms with Gasteiger partial charge in [-0.3, -0.25) is 14.9 Å². The molecule has 0 aliphatic heterocycles. The van der Waals surface area contributed by atoms with Crippen molar-refractivity contribution in [3.05, 3.63) is 65.2 Å². The van der Waals surface area contributed by atoms with Gasteiger partial charge in [0.2, 0.25) is 0 Å². The zero-order valence-corrected chi connectivity index (χ0v) is 17.0. The van der Waals surface area contributed by atoms with Gasteiger partial charge in [-0.15, -0.1) is 0 Å². The van der Waals surface area contributed by atoms with Gasteiger partial charge in [-0.1, -0.05) is 18.2 Å². The minimum atomic E-state index is -1.14. The van der Waals surface area contributed by atoms with E-state index in [2.05, 4.69) is 16.0 Å². The van der Waals surface area contributed by atoms with Gasteiger partial charge in [0, 0.05) is 23.4 Å². The molecule has 166 valence electrons. The van der Waals surface area contributed by atoms with E-state index in [1.807, 2.05) is 0 Å². The Morgan fingerprint density at radius 2 is 1.68 bits per heavy atom. The Morgan fingerprint density at radius 3 is 2.29 bits per heavy atom. The predicted molar refractivity (Wildman–Crippen MR) is 117 cm³/mol. The van der Waals surface area contributed by atoms with Gasteiger partial charge < -0.3 is 32.9 Å². The standard InChI is InChI=1S/C21H28N6O4/c22-12-13-6-8-14(9-7-13)18(28)26-16-4-1-3-15(11-16)19(29)27-17(20(30)31)5-2-10-25-21(23)24/h1,3-4,6-9,11,17,21,25H,2,5,10,12,22-24H2,(H,26,28)(H,27,29)(H,30,31)/t17-/m0/s1. The molecule has 1 atom stereocenters. The largest absolute Gasteiger partial charge is 0.480 e. The molecule has 2 aromatic rings. The Hall–Kier alpha value is -3.31. The molecule has 0 radical (unpaired) electrons. The topological polar surface area (TPSA) is 186 Å². The first kappa shape index (κ1) is 24.0. The molecular formula is C21H28N6O4. The highest BCUT2D eigenvalue weighted by Gasteiger charge is 2.20. The van der Waals surface area contributed by atoms with Crippen LogP contribution in [0.5, 0.6) is 0 Å². The smallest absolute Gasteiger partial charge is 0.326 e. The molecule has 0 aromatic heterocycles. The summed E-state index contributed by atoms with van der Waals surface area (Å²) in [6.45, 7) is 0.804. The van der Waals surface area contributed by atoms with Crippen molar-refractivity contribution in [2.24, 2.45) is 17.2 Å². The Bertz CT molecular complexity index is 901. The quantitative estimate of drug-likeness (QED) is 0.195. The highest BCUT2D eigenvalue weighted by atomic mass is 16.4. The van der Waals surface area contributed by atoms with Crippen molar-refractivity contribution in [1.82, 2.24) is 10.6 Å². The number of carboxylic acid groups (broad SMARTS) is 1. The monoisotopic (exact) mass is 428 g/mol. The molecular weight excluding hydrogens is 400 g/mol. The van der Waals surface area contributed by atoms with Crippen LogP contribution in [0.25, 0.3) is 0 Å². The molecule has 31 heavy (non-hydrogen) atoms. The molecule has 2 aromatic carbocycles. The van der Waals surface area contributed by atoms with Crippen LogP contribution in [0.15, 0.2) is 48.5 Å². The van der Waals surface area contributed by atoms with Crippen molar-refractivity contribution < 1.29 is 19.5 Å². The minimum Gasteiger partial charge on any atom is -0.480 e. The minimum absolute atomic E-state index is 0.204. The molecule has 10 heteroatoms. The van der Waals surface area contributed by atoms with Crippen molar-refractivity contribution in [1.29, 1.82) is 0 Å². The maximum atomic E-state index is 12.5. The molecule has 0 unspecified atom stereocenters. The first-order chi connectivity index (χ1) is 14.8. The van der Waals surface area contributed by atoms with Crippen molar-refractivity contribution >= 4 is 23.5 Å². The van der Waals surface area contributed by atoms with Crippen LogP contribution in [0.4, 0.5) is 5.69 Å². The number of carbonyl (C=O) groups is 3. The van der Waals surface area contributed by atoms with Crippen LogP contribution in [-0.2, 0) is 11.3 Å². The predicted octanol–water partition coefficient (Wildman–Crippen LogP) is 0.151. The highest BCUT2D eigenvalue weighted by Crippen LogP contribution is 2.14. The van der Waals surface area contributed by atoms with Gasteiger partial charge >= 0.3 is 5.97 Å². The number of aliphatic carboxylic acids is 1. The lowest BCUT2D eigenvalue weighted by atomic mass is 10.1. The van der Waals surface area contributed by atoms with Gasteiger partial charge in [-0.25, -0.2) is 4.79 Å². The summed E-state index contributed by atoms with van der Waals surface area (Å²) in [6, 6.07) is 12.1. The molecule has 0 aliphatic carbocycles. The van der Waals surface area contributed by atoms with Crippen molar-refractivity contribution in [3.63, 3.8) is 0 Å². The number of nitrogens with one attached hydrogen (secondary N) is 3. The second kappa shape index (κ2) is 11.8. The number of hydrogen-bond acceptors (Lipinski definition) is 7. The Labute approximate surface area is 180 Å². The number of amides is 2. The fraction of sp³-hybridized carbons (Fsp3) is 0.286. The third-order valence-corrected chi connectivity index (χ3v) is 4.49. The summed E-state index contributed by atoms with van der Waals surface area (Å²) in [5.41, 5.74) is 18.3. The fourth-order valence-electron chi connectivity index (χ4n) is 2.81. The second-order valence-corrected chi connectivity index (χ2v) is 6.92. The molecule has 10 nitrogen and oxygen atoms in total. The number of benzene rings is 2. The normalized spacial score (nSPS) is 11.7. The Morgan fingerprint density at radius 1 is 0.968 bits per heavy atom. The van der Waals surface area contributed by atoms with E-state index in [9.17, 15) is 19.5 Å². The van der Waals surface area contributed by atoms with E-state index in [1.165, 1.54) is 12.1 Å². The molecule has 2 amide bonds. The van der Waals surface area contributed by atoms with Crippen molar-refractivity contribution in [2.45, 2.75) is 31.7 Å². The number of rotatable bonds is 11. The lowest BCUT2D eigenvalue weighted by Crippen LogP contribution is -2.46. The zero-order chi connectivity index (χ0) is 22.8. The van der Waals surface area contributed by atoms with E-state index >= 15 is 0 Å². The first-order valence-electron chi connectivity index (χ1n) is 9.79. The van der Waals surface area contributed by atoms with Crippen LogP contribution < -0.4 is 33.2 Å². The average molecular weight is 428 g/mol. The molecule has 0 saturated heterocycles. The fourth-order valence-corrected chi connectivity index (χ4v) is 2.81. The van der Waals surface area contributed by atoms with Crippen LogP contribution in [0.3, 0.4) is 0 Å². The maximum Gasteiger partial charge on any atom is 0.326 e.